The summed E-state index contributed by atoms with van der Waals surface area (Å²) in [5.74, 6) is 0.951. The highest BCUT2D eigenvalue weighted by atomic mass is 127. The van der Waals surface area contributed by atoms with Gasteiger partial charge >= 0.3 is 0 Å². The number of hydrogen-bond acceptors (Lipinski definition) is 1. The number of benzene rings is 1. The lowest BCUT2D eigenvalue weighted by molar-refractivity contribution is 0.414. The van der Waals surface area contributed by atoms with Crippen molar-refractivity contribution in [3.05, 3.63) is 29.8 Å². The average molecular weight is 262 g/mol. The molecule has 0 aliphatic rings. The maximum Gasteiger partial charge on any atom is 0.119 e. The van der Waals surface area contributed by atoms with Crippen molar-refractivity contribution in [2.24, 2.45) is 0 Å². The number of hydrogen-bond donors (Lipinski definition) is 0. The van der Waals surface area contributed by atoms with Crippen LogP contribution in [0.5, 0.6) is 5.75 Å². The zero-order valence-corrected chi connectivity index (χ0v) is 8.67. The lowest BCUT2D eigenvalue weighted by Gasteiger charge is -2.01. The van der Waals surface area contributed by atoms with Crippen molar-refractivity contribution in [3.63, 3.8) is 0 Å². The molecule has 60 valence electrons. The van der Waals surface area contributed by atoms with E-state index in [1.165, 1.54) is 5.56 Å². The van der Waals surface area contributed by atoms with Gasteiger partial charge in [-0.15, -0.1) is 0 Å². The molecule has 11 heavy (non-hydrogen) atoms. The molecule has 0 radical (unpaired) electrons. The Kier molecular flexibility index (Phi) is 3.69. The summed E-state index contributed by atoms with van der Waals surface area (Å²) in [7, 11) is 1.70. The van der Waals surface area contributed by atoms with Crippen LogP contribution >= 0.6 is 22.6 Å². The van der Waals surface area contributed by atoms with E-state index in [4.69, 9.17) is 4.74 Å². The van der Waals surface area contributed by atoms with Crippen LogP contribution in [0.4, 0.5) is 0 Å². The summed E-state index contributed by atoms with van der Waals surface area (Å²) in [6.45, 7) is 0. The van der Waals surface area contributed by atoms with Gasteiger partial charge in [0.15, 0.2) is 0 Å². The fourth-order valence-electron chi connectivity index (χ4n) is 0.937. The molecule has 0 atom stereocenters. The predicted octanol–water partition coefficient (Wildman–Crippen LogP) is 2.67. The molecule has 0 saturated heterocycles. The van der Waals surface area contributed by atoms with Crippen molar-refractivity contribution < 1.29 is 4.74 Å². The fraction of sp³-hybridized carbons (Fsp3) is 0.333. The highest BCUT2D eigenvalue weighted by Crippen LogP contribution is 2.13. The summed E-state index contributed by atoms with van der Waals surface area (Å²) in [6, 6.07) is 8.21. The molecule has 1 rings (SSSR count). The summed E-state index contributed by atoms with van der Waals surface area (Å²) in [5.41, 5.74) is 1.35. The molecule has 0 amide bonds. The lowest BCUT2D eigenvalue weighted by Crippen LogP contribution is -1.87. The van der Waals surface area contributed by atoms with Gasteiger partial charge in [0.05, 0.1) is 7.11 Å². The van der Waals surface area contributed by atoms with Crippen molar-refractivity contribution in [2.45, 2.75) is 6.42 Å². The number of halogens is 1. The third-order valence-electron chi connectivity index (χ3n) is 1.52. The molecule has 0 aromatic heterocycles. The largest absolute Gasteiger partial charge is 0.497 e. The smallest absolute Gasteiger partial charge is 0.119 e. The van der Waals surface area contributed by atoms with Crippen molar-refractivity contribution in [2.75, 3.05) is 11.5 Å². The van der Waals surface area contributed by atoms with Gasteiger partial charge in [-0.25, -0.2) is 0 Å². The Labute approximate surface area is 80.9 Å². The van der Waals surface area contributed by atoms with E-state index >= 15 is 0 Å². The van der Waals surface area contributed by atoms with Crippen LogP contribution < -0.4 is 4.74 Å². The van der Waals surface area contributed by atoms with Crippen LogP contribution in [0.1, 0.15) is 5.56 Å². The van der Waals surface area contributed by atoms with Crippen LogP contribution in [0.2, 0.25) is 0 Å². The van der Waals surface area contributed by atoms with Gasteiger partial charge in [0.1, 0.15) is 5.75 Å². The van der Waals surface area contributed by atoms with Crippen LogP contribution in [0.15, 0.2) is 24.3 Å². The second-order valence-corrected chi connectivity index (χ2v) is 3.37. The van der Waals surface area contributed by atoms with Gasteiger partial charge in [-0.2, -0.15) is 0 Å². The van der Waals surface area contributed by atoms with Crippen molar-refractivity contribution in [1.29, 1.82) is 0 Å². The predicted molar refractivity (Wildman–Crippen MR) is 55.6 cm³/mol. The lowest BCUT2D eigenvalue weighted by atomic mass is 10.2. The molecule has 0 heterocycles. The highest BCUT2D eigenvalue weighted by molar-refractivity contribution is 14.1. The maximum absolute atomic E-state index is 5.10. The molecule has 1 aromatic rings. The van der Waals surface area contributed by atoms with E-state index in [-0.39, 0.29) is 0 Å². The molecule has 0 aliphatic carbocycles. The number of methoxy groups -OCH3 is 1. The number of rotatable bonds is 3. The van der Waals surface area contributed by atoms with Crippen LogP contribution in [-0.2, 0) is 6.42 Å². The molecule has 1 aromatic carbocycles. The normalized spacial score (nSPS) is 9.64. The molecule has 0 spiro atoms. The Bertz CT molecular complexity index is 223. The SMILES string of the molecule is COc1cccc(CCI)c1. The summed E-state index contributed by atoms with van der Waals surface area (Å²) in [4.78, 5) is 0. The molecule has 0 aliphatic heterocycles. The molecule has 2 heteroatoms. The van der Waals surface area contributed by atoms with E-state index in [9.17, 15) is 0 Å². The van der Waals surface area contributed by atoms with Gasteiger partial charge in [0, 0.05) is 4.43 Å². The molecular formula is C9H11IO. The van der Waals surface area contributed by atoms with Crippen LogP contribution in [0.3, 0.4) is 0 Å². The van der Waals surface area contributed by atoms with Crippen LogP contribution in [0, 0.1) is 0 Å². The first-order valence-corrected chi connectivity index (χ1v) is 5.08. The van der Waals surface area contributed by atoms with Gasteiger partial charge in [-0.05, 0) is 24.1 Å². The summed E-state index contributed by atoms with van der Waals surface area (Å²) in [6.07, 6.45) is 1.12. The second kappa shape index (κ2) is 4.59. The fourth-order valence-corrected chi connectivity index (χ4v) is 1.56. The summed E-state index contributed by atoms with van der Waals surface area (Å²) in [5, 5.41) is 0. The molecule has 0 fully saturated rings. The topological polar surface area (TPSA) is 9.23 Å². The summed E-state index contributed by atoms with van der Waals surface area (Å²) < 4.78 is 6.26. The third-order valence-corrected chi connectivity index (χ3v) is 2.06. The minimum atomic E-state index is 0.951. The molecular weight excluding hydrogens is 251 g/mol. The first-order valence-electron chi connectivity index (χ1n) is 3.55. The van der Waals surface area contributed by atoms with Gasteiger partial charge < -0.3 is 4.74 Å². The van der Waals surface area contributed by atoms with Gasteiger partial charge in [0.2, 0.25) is 0 Å². The molecule has 0 unspecified atom stereocenters. The van der Waals surface area contributed by atoms with Crippen LogP contribution in [-0.4, -0.2) is 11.5 Å². The Morgan fingerprint density at radius 3 is 2.91 bits per heavy atom. The van der Waals surface area contributed by atoms with Gasteiger partial charge in [-0.3, -0.25) is 0 Å². The number of alkyl halides is 1. The first kappa shape index (κ1) is 8.84. The van der Waals surface area contributed by atoms with Crippen molar-refractivity contribution >= 4 is 22.6 Å². The third kappa shape index (κ3) is 2.69. The van der Waals surface area contributed by atoms with Crippen molar-refractivity contribution in [3.8, 4) is 5.75 Å². The Hall–Kier alpha value is -0.250. The van der Waals surface area contributed by atoms with E-state index in [2.05, 4.69) is 34.7 Å². The van der Waals surface area contributed by atoms with E-state index < -0.39 is 0 Å². The molecule has 0 saturated carbocycles. The van der Waals surface area contributed by atoms with E-state index in [0.29, 0.717) is 0 Å². The van der Waals surface area contributed by atoms with E-state index in [1.54, 1.807) is 7.11 Å². The van der Waals surface area contributed by atoms with Gasteiger partial charge in [0.25, 0.3) is 0 Å². The standard InChI is InChI=1S/C9H11IO/c1-11-9-4-2-3-8(7-9)5-6-10/h2-4,7H,5-6H2,1H3. The highest BCUT2D eigenvalue weighted by Gasteiger charge is 1.93. The zero-order chi connectivity index (χ0) is 8.10. The zero-order valence-electron chi connectivity index (χ0n) is 6.51. The minimum absolute atomic E-state index is 0.951. The van der Waals surface area contributed by atoms with Crippen LogP contribution in [0.25, 0.3) is 0 Å². The maximum atomic E-state index is 5.10. The monoisotopic (exact) mass is 262 g/mol. The van der Waals surface area contributed by atoms with Gasteiger partial charge in [-0.1, -0.05) is 34.7 Å². The van der Waals surface area contributed by atoms with Crippen molar-refractivity contribution in [1.82, 2.24) is 0 Å². The van der Waals surface area contributed by atoms with E-state index in [0.717, 1.165) is 16.6 Å². The first-order chi connectivity index (χ1) is 5.36. The molecule has 0 N–H and O–H groups in total. The summed E-state index contributed by atoms with van der Waals surface area (Å²) >= 11 is 2.37. The Morgan fingerprint density at radius 1 is 1.45 bits per heavy atom. The second-order valence-electron chi connectivity index (χ2n) is 2.29. The average Bonchev–Trinajstić information content (AvgIpc) is 2.06. The number of ether oxygens (including phenoxy) is 1. The molecule has 0 bridgehead atoms. The molecule has 1 nitrogen and oxygen atoms in total. The Balaban J connectivity index is 2.74. The number of aryl methyl sites for hydroxylation is 1. The minimum Gasteiger partial charge on any atom is -0.497 e. The Morgan fingerprint density at radius 2 is 2.27 bits per heavy atom. The quantitative estimate of drug-likeness (QED) is 0.601. The van der Waals surface area contributed by atoms with E-state index in [1.807, 2.05) is 12.1 Å².